The van der Waals surface area contributed by atoms with E-state index in [1.807, 2.05) is 11.4 Å². The Balaban J connectivity index is 1.66. The zero-order valence-corrected chi connectivity index (χ0v) is 18.6. The number of carbonyl (C=O) groups excluding carboxylic acids is 1. The number of anilines is 1. The lowest BCUT2D eigenvalue weighted by molar-refractivity contribution is -0.116. The van der Waals surface area contributed by atoms with Crippen LogP contribution < -0.4 is 20.3 Å². The third-order valence-electron chi connectivity index (χ3n) is 4.77. The lowest BCUT2D eigenvalue weighted by atomic mass is 10.1. The molecule has 0 atom stereocenters. The summed E-state index contributed by atoms with van der Waals surface area (Å²) in [7, 11) is 3.08. The molecule has 0 bridgehead atoms. The number of carbonyl (C=O) groups is 1. The minimum Gasteiger partial charge on any atom is -0.493 e. The topological polar surface area (TPSA) is 82.5 Å². The molecule has 0 radical (unpaired) electrons. The second kappa shape index (κ2) is 8.97. The highest BCUT2D eigenvalue weighted by atomic mass is 35.5. The van der Waals surface area contributed by atoms with E-state index in [0.717, 1.165) is 11.6 Å². The number of ether oxygens (including phenoxy) is 2. The Morgan fingerprint density at radius 2 is 1.97 bits per heavy atom. The number of benzene rings is 2. The average Bonchev–Trinajstić information content (AvgIpc) is 3.22. The van der Waals surface area contributed by atoms with Crippen LogP contribution >= 0.6 is 22.9 Å². The molecule has 0 aliphatic carbocycles. The van der Waals surface area contributed by atoms with Crippen LogP contribution in [0.4, 0.5) is 10.1 Å². The largest absolute Gasteiger partial charge is 0.493 e. The van der Waals surface area contributed by atoms with Crippen molar-refractivity contribution in [3.63, 3.8) is 0 Å². The van der Waals surface area contributed by atoms with Gasteiger partial charge in [-0.05, 0) is 35.9 Å². The molecule has 7 nitrogen and oxygen atoms in total. The van der Waals surface area contributed by atoms with E-state index in [1.54, 1.807) is 19.2 Å². The summed E-state index contributed by atoms with van der Waals surface area (Å²) in [5.74, 6) is 0.0456. The smallest absolute Gasteiger partial charge is 0.263 e. The molecule has 2 aromatic carbocycles. The molecule has 0 unspecified atom stereocenters. The van der Waals surface area contributed by atoms with Gasteiger partial charge >= 0.3 is 0 Å². The highest BCUT2D eigenvalue weighted by Crippen LogP contribution is 2.36. The van der Waals surface area contributed by atoms with E-state index in [-0.39, 0.29) is 17.1 Å². The Labute approximate surface area is 191 Å². The van der Waals surface area contributed by atoms with Gasteiger partial charge in [-0.25, -0.2) is 9.37 Å². The lowest BCUT2D eigenvalue weighted by Crippen LogP contribution is -2.27. The summed E-state index contributed by atoms with van der Waals surface area (Å²) < 4.78 is 25.2. The maximum absolute atomic E-state index is 13.3. The van der Waals surface area contributed by atoms with Crippen molar-refractivity contribution in [3.05, 3.63) is 69.3 Å². The number of fused-ring (bicyclic) bond motifs is 1. The maximum Gasteiger partial charge on any atom is 0.263 e. The number of aromatic nitrogens is 2. The van der Waals surface area contributed by atoms with E-state index in [0.29, 0.717) is 33.0 Å². The minimum atomic E-state index is -0.587. The Morgan fingerprint density at radius 3 is 2.69 bits per heavy atom. The number of nitrogens with zero attached hydrogens (tertiary/aromatic N) is 2. The Hall–Kier alpha value is -3.43. The third kappa shape index (κ3) is 4.17. The summed E-state index contributed by atoms with van der Waals surface area (Å²) in [4.78, 5) is 30.5. The fourth-order valence-corrected chi connectivity index (χ4v) is 4.31. The van der Waals surface area contributed by atoms with Gasteiger partial charge in [-0.15, -0.1) is 11.3 Å². The molecule has 0 fully saturated rings. The van der Waals surface area contributed by atoms with E-state index < -0.39 is 11.7 Å². The van der Waals surface area contributed by atoms with Gasteiger partial charge in [-0.2, -0.15) is 0 Å². The first-order chi connectivity index (χ1) is 15.4. The molecule has 1 amide bonds. The highest BCUT2D eigenvalue weighted by molar-refractivity contribution is 7.17. The van der Waals surface area contributed by atoms with Gasteiger partial charge in [0.25, 0.3) is 5.56 Å². The van der Waals surface area contributed by atoms with Gasteiger partial charge in [-0.3, -0.25) is 14.2 Å². The summed E-state index contributed by atoms with van der Waals surface area (Å²) in [6, 6.07) is 9.20. The van der Waals surface area contributed by atoms with Crippen molar-refractivity contribution >= 4 is 44.7 Å². The van der Waals surface area contributed by atoms with Crippen LogP contribution in [0.2, 0.25) is 5.02 Å². The quantitative estimate of drug-likeness (QED) is 0.443. The fraction of sp³-hybridized carbons (Fsp3) is 0.136. The molecule has 0 aliphatic rings. The van der Waals surface area contributed by atoms with Gasteiger partial charge in [0.15, 0.2) is 11.5 Å². The van der Waals surface area contributed by atoms with Crippen LogP contribution in [0.15, 0.2) is 52.9 Å². The van der Waals surface area contributed by atoms with Crippen molar-refractivity contribution in [2.45, 2.75) is 6.54 Å². The standard InChI is InChI=1S/C22H17ClFN3O4S/c1-30-17-6-3-12(7-18(17)31-2)14-10-32-21-20(14)22(29)27(11-25-21)9-19(28)26-13-4-5-16(24)15(23)8-13/h3-8,10-11H,9H2,1-2H3,(H,26,28). The molecule has 0 aliphatic heterocycles. The van der Waals surface area contributed by atoms with E-state index in [9.17, 15) is 14.0 Å². The van der Waals surface area contributed by atoms with E-state index in [1.165, 1.54) is 41.5 Å². The number of rotatable bonds is 6. The molecule has 164 valence electrons. The predicted molar refractivity (Wildman–Crippen MR) is 122 cm³/mol. The molecule has 2 aromatic heterocycles. The van der Waals surface area contributed by atoms with Crippen LogP contribution in [0.1, 0.15) is 0 Å². The first kappa shape index (κ1) is 21.8. The van der Waals surface area contributed by atoms with Crippen molar-refractivity contribution in [3.8, 4) is 22.6 Å². The third-order valence-corrected chi connectivity index (χ3v) is 5.95. The van der Waals surface area contributed by atoms with Crippen LogP contribution in [-0.2, 0) is 11.3 Å². The minimum absolute atomic E-state index is 0.110. The summed E-state index contributed by atoms with van der Waals surface area (Å²) in [6.45, 7) is -0.266. The zero-order chi connectivity index (χ0) is 22.8. The van der Waals surface area contributed by atoms with Crippen molar-refractivity contribution in [1.82, 2.24) is 9.55 Å². The number of methoxy groups -OCH3 is 2. The number of nitrogens with one attached hydrogen (secondary N) is 1. The number of amides is 1. The van der Waals surface area contributed by atoms with Crippen molar-refractivity contribution in [2.75, 3.05) is 19.5 Å². The Morgan fingerprint density at radius 1 is 1.19 bits per heavy atom. The second-order valence-corrected chi connectivity index (χ2v) is 8.02. The van der Waals surface area contributed by atoms with Crippen LogP contribution in [0.3, 0.4) is 0 Å². The molecule has 1 N–H and O–H groups in total. The van der Waals surface area contributed by atoms with E-state index in [4.69, 9.17) is 21.1 Å². The van der Waals surface area contributed by atoms with Gasteiger partial charge < -0.3 is 14.8 Å². The number of halogens is 2. The summed E-state index contributed by atoms with van der Waals surface area (Å²) >= 11 is 7.08. The van der Waals surface area contributed by atoms with Crippen molar-refractivity contribution in [2.24, 2.45) is 0 Å². The molecule has 0 saturated carbocycles. The summed E-state index contributed by atoms with van der Waals surface area (Å²) in [5, 5.41) is 4.73. The zero-order valence-electron chi connectivity index (χ0n) is 17.0. The highest BCUT2D eigenvalue weighted by Gasteiger charge is 2.16. The average molecular weight is 474 g/mol. The SMILES string of the molecule is COc1ccc(-c2csc3ncn(CC(=O)Nc4ccc(F)c(Cl)c4)c(=O)c23)cc1OC. The molecular weight excluding hydrogens is 457 g/mol. The number of hydrogen-bond acceptors (Lipinski definition) is 6. The van der Waals surface area contributed by atoms with Gasteiger partial charge in [-0.1, -0.05) is 17.7 Å². The monoisotopic (exact) mass is 473 g/mol. The lowest BCUT2D eigenvalue weighted by Gasteiger charge is -2.10. The molecule has 10 heteroatoms. The normalized spacial score (nSPS) is 10.9. The predicted octanol–water partition coefficient (Wildman–Crippen LogP) is 4.57. The van der Waals surface area contributed by atoms with Crippen LogP contribution in [0, 0.1) is 5.82 Å². The summed E-state index contributed by atoms with van der Waals surface area (Å²) in [5.41, 5.74) is 1.41. The Bertz CT molecular complexity index is 1390. The van der Waals surface area contributed by atoms with Gasteiger partial charge in [0.2, 0.25) is 5.91 Å². The molecule has 2 heterocycles. The molecular formula is C22H17ClFN3O4S. The van der Waals surface area contributed by atoms with Gasteiger partial charge in [0, 0.05) is 16.6 Å². The fourth-order valence-electron chi connectivity index (χ4n) is 3.23. The Kier molecular flexibility index (Phi) is 6.11. The number of hydrogen-bond donors (Lipinski definition) is 1. The maximum atomic E-state index is 13.3. The van der Waals surface area contributed by atoms with Crippen LogP contribution in [0.5, 0.6) is 11.5 Å². The molecule has 4 aromatic rings. The number of thiophene rings is 1. The van der Waals surface area contributed by atoms with Gasteiger partial charge in [0.05, 0.1) is 31.0 Å². The second-order valence-electron chi connectivity index (χ2n) is 6.75. The molecule has 32 heavy (non-hydrogen) atoms. The van der Waals surface area contributed by atoms with E-state index in [2.05, 4.69) is 10.3 Å². The first-order valence-corrected chi connectivity index (χ1v) is 10.6. The van der Waals surface area contributed by atoms with Crippen LogP contribution in [0.25, 0.3) is 21.3 Å². The van der Waals surface area contributed by atoms with E-state index >= 15 is 0 Å². The van der Waals surface area contributed by atoms with Gasteiger partial charge in [0.1, 0.15) is 17.2 Å². The van der Waals surface area contributed by atoms with Crippen molar-refractivity contribution < 1.29 is 18.7 Å². The molecule has 0 spiro atoms. The molecule has 4 rings (SSSR count). The molecule has 0 saturated heterocycles. The van der Waals surface area contributed by atoms with Crippen LogP contribution in [-0.4, -0.2) is 29.7 Å². The summed E-state index contributed by atoms with van der Waals surface area (Å²) in [6.07, 6.45) is 1.33. The first-order valence-electron chi connectivity index (χ1n) is 9.35. The van der Waals surface area contributed by atoms with Crippen molar-refractivity contribution in [1.29, 1.82) is 0 Å².